The van der Waals surface area contributed by atoms with Crippen molar-refractivity contribution in [3.8, 4) is 6.07 Å². The largest absolute Gasteiger partial charge is 0.329 e. The summed E-state index contributed by atoms with van der Waals surface area (Å²) >= 11 is 3.23. The van der Waals surface area contributed by atoms with Gasteiger partial charge in [-0.2, -0.15) is 5.26 Å². The van der Waals surface area contributed by atoms with E-state index in [9.17, 15) is 8.78 Å². The average molecular weight is 287 g/mol. The zero-order valence-corrected chi connectivity index (χ0v) is 9.89. The summed E-state index contributed by atoms with van der Waals surface area (Å²) < 4.78 is 27.3. The number of alkyl halides is 2. The summed E-state index contributed by atoms with van der Waals surface area (Å²) in [6.45, 7) is -0.118. The van der Waals surface area contributed by atoms with Crippen LogP contribution in [-0.4, -0.2) is 12.5 Å². The van der Waals surface area contributed by atoms with Gasteiger partial charge >= 0.3 is 0 Å². The van der Waals surface area contributed by atoms with E-state index in [0.717, 1.165) is 0 Å². The predicted octanol–water partition coefficient (Wildman–Crippen LogP) is 2.56. The van der Waals surface area contributed by atoms with E-state index in [1.165, 1.54) is 6.07 Å². The zero-order chi connectivity index (χ0) is 12.0. The minimum Gasteiger partial charge on any atom is -0.329 e. The Morgan fingerprint density at radius 3 is 2.56 bits per heavy atom. The highest BCUT2D eigenvalue weighted by atomic mass is 79.9. The van der Waals surface area contributed by atoms with Crippen LogP contribution in [0.2, 0.25) is 0 Å². The molecule has 0 aliphatic heterocycles. The maximum absolute atomic E-state index is 13.4. The van der Waals surface area contributed by atoms with Gasteiger partial charge in [0.1, 0.15) is 0 Å². The number of benzene rings is 1. The van der Waals surface area contributed by atoms with Crippen LogP contribution in [0.25, 0.3) is 0 Å². The number of nitrogens with zero attached hydrogens (tertiary/aromatic N) is 1. The normalized spacial score (nSPS) is 26.2. The molecule has 1 aromatic carbocycles. The quantitative estimate of drug-likeness (QED) is 0.908. The Hall–Kier alpha value is -0.990. The second-order valence-electron chi connectivity index (χ2n) is 3.97. The number of rotatable bonds is 2. The van der Waals surface area contributed by atoms with Gasteiger partial charge in [0.2, 0.25) is 0 Å². The summed E-state index contributed by atoms with van der Waals surface area (Å²) in [6, 6.07) is 6.62. The van der Waals surface area contributed by atoms with Crippen LogP contribution in [0.15, 0.2) is 22.7 Å². The third-order valence-electron chi connectivity index (χ3n) is 3.06. The Bertz CT molecular complexity index is 481. The van der Waals surface area contributed by atoms with Crippen molar-refractivity contribution in [2.24, 2.45) is 5.73 Å². The molecule has 1 unspecified atom stereocenters. The highest BCUT2D eigenvalue weighted by Gasteiger charge is 2.71. The molecule has 1 aliphatic carbocycles. The molecule has 84 valence electrons. The van der Waals surface area contributed by atoms with Gasteiger partial charge in [-0.15, -0.1) is 0 Å². The molecule has 1 atom stereocenters. The molecule has 0 radical (unpaired) electrons. The van der Waals surface area contributed by atoms with E-state index in [-0.39, 0.29) is 13.0 Å². The standard InChI is InChI=1S/C11H9BrF2N2/c12-9-2-1-7(4-15)3-8(9)10(6-16)5-11(10,13)14/h1-3H,5-6,16H2. The summed E-state index contributed by atoms with van der Waals surface area (Å²) in [5.41, 5.74) is 4.96. The van der Waals surface area contributed by atoms with Gasteiger partial charge in [0.25, 0.3) is 5.92 Å². The van der Waals surface area contributed by atoms with Crippen LogP contribution in [0.5, 0.6) is 0 Å². The first-order chi connectivity index (χ1) is 7.47. The molecule has 1 fully saturated rings. The Labute approximate surface area is 100 Å². The number of nitriles is 1. The van der Waals surface area contributed by atoms with Crippen molar-refractivity contribution >= 4 is 15.9 Å². The van der Waals surface area contributed by atoms with Crippen LogP contribution in [0.1, 0.15) is 17.5 Å². The maximum atomic E-state index is 13.4. The lowest BCUT2D eigenvalue weighted by Gasteiger charge is -2.16. The van der Waals surface area contributed by atoms with E-state index in [4.69, 9.17) is 11.0 Å². The highest BCUT2D eigenvalue weighted by Crippen LogP contribution is 2.62. The third kappa shape index (κ3) is 1.45. The molecule has 0 saturated heterocycles. The minimum absolute atomic E-state index is 0.118. The van der Waals surface area contributed by atoms with Gasteiger partial charge in [-0.1, -0.05) is 15.9 Å². The average Bonchev–Trinajstić information content (AvgIpc) is 2.83. The zero-order valence-electron chi connectivity index (χ0n) is 8.30. The fraction of sp³-hybridized carbons (Fsp3) is 0.364. The van der Waals surface area contributed by atoms with E-state index >= 15 is 0 Å². The van der Waals surface area contributed by atoms with Crippen molar-refractivity contribution in [1.29, 1.82) is 5.26 Å². The van der Waals surface area contributed by atoms with Gasteiger partial charge in [-0.25, -0.2) is 8.78 Å². The fourth-order valence-electron chi connectivity index (χ4n) is 1.92. The number of halogens is 3. The monoisotopic (exact) mass is 286 g/mol. The lowest BCUT2D eigenvalue weighted by molar-refractivity contribution is 0.0894. The van der Waals surface area contributed by atoms with Gasteiger partial charge < -0.3 is 5.73 Å². The molecule has 2 nitrogen and oxygen atoms in total. The van der Waals surface area contributed by atoms with E-state index < -0.39 is 11.3 Å². The molecular formula is C11H9BrF2N2. The number of nitrogens with two attached hydrogens (primary N) is 1. The minimum atomic E-state index is -2.77. The molecule has 16 heavy (non-hydrogen) atoms. The molecule has 0 amide bonds. The summed E-state index contributed by atoms with van der Waals surface area (Å²) in [5, 5.41) is 8.76. The van der Waals surface area contributed by atoms with Crippen LogP contribution in [0.3, 0.4) is 0 Å². The second-order valence-corrected chi connectivity index (χ2v) is 4.83. The van der Waals surface area contributed by atoms with E-state index in [1.807, 2.05) is 6.07 Å². The van der Waals surface area contributed by atoms with Crippen molar-refractivity contribution in [2.75, 3.05) is 6.54 Å². The smallest absolute Gasteiger partial charge is 0.260 e. The molecule has 0 bridgehead atoms. The topological polar surface area (TPSA) is 49.8 Å². The highest BCUT2D eigenvalue weighted by molar-refractivity contribution is 9.10. The Kier molecular flexibility index (Phi) is 2.52. The van der Waals surface area contributed by atoms with Crippen molar-refractivity contribution in [3.63, 3.8) is 0 Å². The SMILES string of the molecule is N#Cc1ccc(Br)c(C2(CN)CC2(F)F)c1. The molecule has 0 spiro atoms. The Balaban J connectivity index is 2.53. The van der Waals surface area contributed by atoms with Crippen molar-refractivity contribution in [1.82, 2.24) is 0 Å². The molecule has 5 heteroatoms. The molecular weight excluding hydrogens is 278 g/mol. The van der Waals surface area contributed by atoms with Crippen LogP contribution < -0.4 is 5.73 Å². The lowest BCUT2D eigenvalue weighted by atomic mass is 9.94. The van der Waals surface area contributed by atoms with Crippen LogP contribution in [0, 0.1) is 11.3 Å². The summed E-state index contributed by atoms with van der Waals surface area (Å²) in [7, 11) is 0. The molecule has 1 aromatic rings. The van der Waals surface area contributed by atoms with E-state index in [0.29, 0.717) is 15.6 Å². The van der Waals surface area contributed by atoms with Crippen LogP contribution in [0.4, 0.5) is 8.78 Å². The molecule has 2 rings (SSSR count). The first-order valence-electron chi connectivity index (χ1n) is 4.75. The van der Waals surface area contributed by atoms with Gasteiger partial charge in [0.15, 0.2) is 0 Å². The van der Waals surface area contributed by atoms with E-state index in [1.54, 1.807) is 12.1 Å². The maximum Gasteiger partial charge on any atom is 0.260 e. The number of hydrogen-bond acceptors (Lipinski definition) is 2. The molecule has 1 aliphatic rings. The Morgan fingerprint density at radius 1 is 1.50 bits per heavy atom. The van der Waals surface area contributed by atoms with Gasteiger partial charge in [0, 0.05) is 17.4 Å². The molecule has 0 aromatic heterocycles. The Morgan fingerprint density at radius 2 is 2.12 bits per heavy atom. The predicted molar refractivity (Wildman–Crippen MR) is 59.2 cm³/mol. The summed E-state index contributed by atoms with van der Waals surface area (Å²) in [6.07, 6.45) is -0.246. The first kappa shape index (κ1) is 11.5. The molecule has 2 N–H and O–H groups in total. The summed E-state index contributed by atoms with van der Waals surface area (Å²) in [4.78, 5) is 0. The fourth-order valence-corrected chi connectivity index (χ4v) is 2.55. The van der Waals surface area contributed by atoms with Crippen molar-refractivity contribution < 1.29 is 8.78 Å². The summed E-state index contributed by atoms with van der Waals surface area (Å²) in [5.74, 6) is -2.77. The van der Waals surface area contributed by atoms with Gasteiger partial charge in [0.05, 0.1) is 17.0 Å². The van der Waals surface area contributed by atoms with Crippen LogP contribution in [-0.2, 0) is 5.41 Å². The van der Waals surface area contributed by atoms with Crippen molar-refractivity contribution in [3.05, 3.63) is 33.8 Å². The van der Waals surface area contributed by atoms with Crippen molar-refractivity contribution in [2.45, 2.75) is 17.8 Å². The lowest BCUT2D eigenvalue weighted by Crippen LogP contribution is -2.27. The number of hydrogen-bond donors (Lipinski definition) is 1. The molecule has 0 heterocycles. The van der Waals surface area contributed by atoms with Crippen LogP contribution >= 0.6 is 15.9 Å². The van der Waals surface area contributed by atoms with Gasteiger partial charge in [-0.3, -0.25) is 0 Å². The third-order valence-corrected chi connectivity index (χ3v) is 3.75. The molecule has 1 saturated carbocycles. The van der Waals surface area contributed by atoms with E-state index in [2.05, 4.69) is 15.9 Å². The van der Waals surface area contributed by atoms with Gasteiger partial charge in [-0.05, 0) is 23.8 Å². The second kappa shape index (κ2) is 3.51. The first-order valence-corrected chi connectivity index (χ1v) is 5.54.